The number of methoxy groups -OCH3 is 3. The summed E-state index contributed by atoms with van der Waals surface area (Å²) in [6, 6.07) is 16.0. The zero-order valence-corrected chi connectivity index (χ0v) is 24.9. The van der Waals surface area contributed by atoms with E-state index in [0.717, 1.165) is 16.9 Å². The van der Waals surface area contributed by atoms with Gasteiger partial charge < -0.3 is 28.7 Å². The maximum atomic E-state index is 13.5. The van der Waals surface area contributed by atoms with E-state index in [1.54, 1.807) is 46.2 Å². The number of rotatable bonds is 9. The van der Waals surface area contributed by atoms with Gasteiger partial charge in [-0.05, 0) is 66.1 Å². The zero-order valence-electron chi connectivity index (χ0n) is 23.4. The van der Waals surface area contributed by atoms with Crippen molar-refractivity contribution in [2.75, 3.05) is 54.1 Å². The van der Waals surface area contributed by atoms with Crippen molar-refractivity contribution < 1.29 is 28.5 Å². The molecule has 2 amide bonds. The van der Waals surface area contributed by atoms with Crippen LogP contribution in [0.25, 0.3) is 5.57 Å². The van der Waals surface area contributed by atoms with Gasteiger partial charge in [0, 0.05) is 47.9 Å². The number of nitrogens with zero attached hydrogens (tertiary/aromatic N) is 2. The van der Waals surface area contributed by atoms with Crippen molar-refractivity contribution in [2.24, 2.45) is 0 Å². The summed E-state index contributed by atoms with van der Waals surface area (Å²) in [5.74, 6) is 1.59. The second-order valence-corrected chi connectivity index (χ2v) is 10.1. The number of halogens is 2. The van der Waals surface area contributed by atoms with Crippen LogP contribution in [0.1, 0.15) is 28.4 Å². The van der Waals surface area contributed by atoms with E-state index in [1.165, 1.54) is 21.3 Å². The van der Waals surface area contributed by atoms with Crippen LogP contribution in [0.15, 0.2) is 60.7 Å². The van der Waals surface area contributed by atoms with Crippen molar-refractivity contribution in [1.82, 2.24) is 9.80 Å². The highest BCUT2D eigenvalue weighted by molar-refractivity contribution is 6.35. The molecule has 0 unspecified atom stereocenters. The molecule has 216 valence electrons. The molecule has 0 radical (unpaired) electrons. The molecule has 3 aromatic rings. The number of hydrogen-bond donors (Lipinski definition) is 0. The molecule has 0 saturated carbocycles. The molecular formula is C31H32Cl2N2O6. The highest BCUT2D eigenvalue weighted by atomic mass is 35.5. The topological polar surface area (TPSA) is 77.5 Å². The van der Waals surface area contributed by atoms with Crippen LogP contribution >= 0.6 is 23.2 Å². The average molecular weight is 600 g/mol. The van der Waals surface area contributed by atoms with E-state index >= 15 is 0 Å². The number of carbonyl (C=O) groups excluding carboxylic acids is 2. The monoisotopic (exact) mass is 598 g/mol. The van der Waals surface area contributed by atoms with Gasteiger partial charge >= 0.3 is 0 Å². The molecule has 1 aliphatic heterocycles. The lowest BCUT2D eigenvalue weighted by atomic mass is 9.97. The summed E-state index contributed by atoms with van der Waals surface area (Å²) in [5.41, 5.74) is 2.63. The summed E-state index contributed by atoms with van der Waals surface area (Å²) < 4.78 is 21.7. The normalized spacial score (nSPS) is 13.6. The van der Waals surface area contributed by atoms with Crippen molar-refractivity contribution in [3.8, 4) is 23.0 Å². The van der Waals surface area contributed by atoms with E-state index in [4.69, 9.17) is 42.1 Å². The van der Waals surface area contributed by atoms with Gasteiger partial charge in [-0.15, -0.1) is 0 Å². The molecule has 0 spiro atoms. The molecule has 1 heterocycles. The Morgan fingerprint density at radius 1 is 0.756 bits per heavy atom. The van der Waals surface area contributed by atoms with Crippen LogP contribution < -0.4 is 18.9 Å². The molecule has 0 aliphatic carbocycles. The predicted molar refractivity (Wildman–Crippen MR) is 160 cm³/mol. The van der Waals surface area contributed by atoms with E-state index in [2.05, 4.69) is 0 Å². The Hall–Kier alpha value is -3.88. The van der Waals surface area contributed by atoms with Crippen LogP contribution in [-0.2, 0) is 4.79 Å². The summed E-state index contributed by atoms with van der Waals surface area (Å²) >= 11 is 12.6. The van der Waals surface area contributed by atoms with Crippen LogP contribution in [-0.4, -0.2) is 75.7 Å². The maximum Gasteiger partial charge on any atom is 0.254 e. The van der Waals surface area contributed by atoms with Gasteiger partial charge in [-0.3, -0.25) is 9.59 Å². The smallest absolute Gasteiger partial charge is 0.254 e. The minimum absolute atomic E-state index is 0.176. The Balaban J connectivity index is 1.54. The lowest BCUT2D eigenvalue weighted by Gasteiger charge is -2.34. The third-order valence-corrected chi connectivity index (χ3v) is 7.14. The molecule has 1 aliphatic rings. The molecular weight excluding hydrogens is 567 g/mol. The van der Waals surface area contributed by atoms with Gasteiger partial charge in [-0.1, -0.05) is 35.3 Å². The first kappa shape index (κ1) is 30.1. The number of hydrogen-bond acceptors (Lipinski definition) is 6. The number of piperazine rings is 1. The highest BCUT2D eigenvalue weighted by Crippen LogP contribution is 2.38. The molecule has 41 heavy (non-hydrogen) atoms. The second-order valence-electron chi connectivity index (χ2n) is 9.21. The largest absolute Gasteiger partial charge is 0.494 e. The average Bonchev–Trinajstić information content (AvgIpc) is 2.98. The molecule has 8 nitrogen and oxygen atoms in total. The van der Waals surface area contributed by atoms with Crippen molar-refractivity contribution in [1.29, 1.82) is 0 Å². The number of ether oxygens (including phenoxy) is 4. The molecule has 10 heteroatoms. The van der Waals surface area contributed by atoms with Crippen LogP contribution in [0.4, 0.5) is 0 Å². The highest BCUT2D eigenvalue weighted by Gasteiger charge is 2.26. The fraction of sp³-hybridized carbons (Fsp3) is 0.290. The van der Waals surface area contributed by atoms with Crippen molar-refractivity contribution in [2.45, 2.75) is 6.92 Å². The Morgan fingerprint density at radius 3 is 1.83 bits per heavy atom. The minimum atomic E-state index is -0.185. The molecule has 1 fully saturated rings. The van der Waals surface area contributed by atoms with Crippen LogP contribution in [0, 0.1) is 0 Å². The second kappa shape index (κ2) is 13.7. The summed E-state index contributed by atoms with van der Waals surface area (Å²) in [5, 5.41) is 0.936. The van der Waals surface area contributed by atoms with Gasteiger partial charge in [0.05, 0.1) is 27.9 Å². The first-order valence-corrected chi connectivity index (χ1v) is 13.8. The lowest BCUT2D eigenvalue weighted by Crippen LogP contribution is -2.50. The van der Waals surface area contributed by atoms with E-state index in [9.17, 15) is 9.59 Å². The molecule has 0 atom stereocenters. The van der Waals surface area contributed by atoms with Crippen molar-refractivity contribution in [3.63, 3.8) is 0 Å². The fourth-order valence-electron chi connectivity index (χ4n) is 4.67. The summed E-state index contributed by atoms with van der Waals surface area (Å²) in [7, 11) is 4.51. The Bertz CT molecular complexity index is 1390. The third kappa shape index (κ3) is 7.07. The van der Waals surface area contributed by atoms with Gasteiger partial charge in [0.15, 0.2) is 11.5 Å². The third-order valence-electron chi connectivity index (χ3n) is 6.71. The van der Waals surface area contributed by atoms with Gasteiger partial charge in [-0.25, -0.2) is 0 Å². The Morgan fingerprint density at radius 2 is 1.32 bits per heavy atom. The standard InChI is InChI=1S/C31H32Cl2N2O6/c1-5-41-25-8-6-20(7-9-25)26(21-14-23(32)18-24(33)15-21)19-29(36)34-10-12-35(13-11-34)31(37)22-16-27(38-2)30(40-4)28(17-22)39-3/h6-9,14-19H,5,10-13H2,1-4H3/b26-19-. The fourth-order valence-corrected chi connectivity index (χ4v) is 5.20. The number of benzene rings is 3. The molecule has 0 bridgehead atoms. The SMILES string of the molecule is CCOc1ccc(/C(=C/C(=O)N2CCN(C(=O)c3cc(OC)c(OC)c(OC)c3)CC2)c2cc(Cl)cc(Cl)c2)cc1. The summed E-state index contributed by atoms with van der Waals surface area (Å²) in [6.07, 6.45) is 1.59. The zero-order chi connectivity index (χ0) is 29.5. The first-order valence-electron chi connectivity index (χ1n) is 13.1. The van der Waals surface area contributed by atoms with E-state index in [0.29, 0.717) is 71.2 Å². The minimum Gasteiger partial charge on any atom is -0.494 e. The van der Waals surface area contributed by atoms with E-state index in [1.807, 2.05) is 31.2 Å². The van der Waals surface area contributed by atoms with E-state index < -0.39 is 0 Å². The lowest BCUT2D eigenvalue weighted by molar-refractivity contribution is -0.127. The quantitative estimate of drug-likeness (QED) is 0.288. The van der Waals surface area contributed by atoms with Gasteiger partial charge in [-0.2, -0.15) is 0 Å². The Labute approximate surface area is 249 Å². The predicted octanol–water partition coefficient (Wildman–Crippen LogP) is 5.83. The molecule has 0 aromatic heterocycles. The molecule has 3 aromatic carbocycles. The number of carbonyl (C=O) groups is 2. The first-order chi connectivity index (χ1) is 19.8. The number of amides is 2. The Kier molecular flexibility index (Phi) is 10.0. The van der Waals surface area contributed by atoms with Crippen LogP contribution in [0.3, 0.4) is 0 Å². The molecule has 1 saturated heterocycles. The van der Waals surface area contributed by atoms with Crippen molar-refractivity contribution in [3.05, 3.63) is 87.4 Å². The summed E-state index contributed by atoms with van der Waals surface area (Å²) in [4.78, 5) is 30.2. The molecule has 0 N–H and O–H groups in total. The van der Waals surface area contributed by atoms with Gasteiger partial charge in [0.1, 0.15) is 5.75 Å². The van der Waals surface area contributed by atoms with Crippen molar-refractivity contribution >= 4 is 40.6 Å². The van der Waals surface area contributed by atoms with Gasteiger partial charge in [0.2, 0.25) is 11.7 Å². The maximum absolute atomic E-state index is 13.5. The van der Waals surface area contributed by atoms with E-state index in [-0.39, 0.29) is 11.8 Å². The summed E-state index contributed by atoms with van der Waals surface area (Å²) in [6.45, 7) is 3.96. The molecule has 4 rings (SSSR count). The van der Waals surface area contributed by atoms with Crippen LogP contribution in [0.2, 0.25) is 10.0 Å². The van der Waals surface area contributed by atoms with Crippen LogP contribution in [0.5, 0.6) is 23.0 Å². The van der Waals surface area contributed by atoms with Gasteiger partial charge in [0.25, 0.3) is 5.91 Å².